The summed E-state index contributed by atoms with van der Waals surface area (Å²) in [6, 6.07) is 0. The van der Waals surface area contributed by atoms with Crippen LogP contribution in [0.4, 0.5) is 5.13 Å². The van der Waals surface area contributed by atoms with Gasteiger partial charge in [-0.3, -0.25) is 4.79 Å². The van der Waals surface area contributed by atoms with Crippen LogP contribution in [-0.4, -0.2) is 29.2 Å². The molecule has 0 fully saturated rings. The molecule has 0 unspecified atom stereocenters. The zero-order chi connectivity index (χ0) is 12.0. The third-order valence-corrected chi connectivity index (χ3v) is 2.66. The number of carbonyl (C=O) groups is 1. The van der Waals surface area contributed by atoms with E-state index in [2.05, 4.69) is 34.7 Å². The van der Waals surface area contributed by atoms with Gasteiger partial charge in [-0.15, -0.1) is 10.2 Å². The van der Waals surface area contributed by atoms with Crippen LogP contribution in [0.3, 0.4) is 0 Å². The molecule has 0 radical (unpaired) electrons. The lowest BCUT2D eigenvalue weighted by atomic mass is 10.2. The van der Waals surface area contributed by atoms with E-state index in [1.807, 2.05) is 6.92 Å². The summed E-state index contributed by atoms with van der Waals surface area (Å²) in [6.45, 7) is 7.37. The monoisotopic (exact) mass is 242 g/mol. The summed E-state index contributed by atoms with van der Waals surface area (Å²) in [7, 11) is 0. The molecule has 0 aliphatic rings. The van der Waals surface area contributed by atoms with Gasteiger partial charge in [-0.05, 0) is 12.8 Å². The summed E-state index contributed by atoms with van der Waals surface area (Å²) in [4.78, 5) is 11.4. The average Bonchev–Trinajstić information content (AvgIpc) is 2.61. The number of aryl methyl sites for hydroxylation is 1. The largest absolute Gasteiger partial charge is 0.360 e. The molecule has 0 bridgehead atoms. The molecule has 1 amide bonds. The van der Waals surface area contributed by atoms with E-state index in [-0.39, 0.29) is 5.91 Å². The van der Waals surface area contributed by atoms with Crippen molar-refractivity contribution in [3.63, 3.8) is 0 Å². The van der Waals surface area contributed by atoms with Crippen LogP contribution in [0.5, 0.6) is 0 Å². The Morgan fingerprint density at radius 1 is 1.44 bits per heavy atom. The number of aromatic nitrogens is 2. The second kappa shape index (κ2) is 6.42. The number of carbonyl (C=O) groups excluding carboxylic acids is 1. The molecule has 0 aliphatic heterocycles. The Kier molecular flexibility index (Phi) is 5.18. The number of nitrogens with zero attached hydrogens (tertiary/aromatic N) is 2. The first-order valence-corrected chi connectivity index (χ1v) is 6.20. The summed E-state index contributed by atoms with van der Waals surface area (Å²) < 4.78 is 0. The standard InChI is InChI=1S/C10H18N4OS/c1-7(2)6-12-9(15)4-5-11-10-14-13-8(3)16-10/h7H,4-6H2,1-3H3,(H,11,14)(H,12,15). The van der Waals surface area contributed by atoms with E-state index in [0.717, 1.165) is 16.7 Å². The molecule has 90 valence electrons. The van der Waals surface area contributed by atoms with E-state index >= 15 is 0 Å². The average molecular weight is 242 g/mol. The van der Waals surface area contributed by atoms with Crippen LogP contribution in [0.25, 0.3) is 0 Å². The summed E-state index contributed by atoms with van der Waals surface area (Å²) in [5.41, 5.74) is 0. The molecule has 5 nitrogen and oxygen atoms in total. The fourth-order valence-electron chi connectivity index (χ4n) is 1.06. The van der Waals surface area contributed by atoms with Crippen molar-refractivity contribution in [2.75, 3.05) is 18.4 Å². The van der Waals surface area contributed by atoms with Crippen molar-refractivity contribution in [3.8, 4) is 0 Å². The van der Waals surface area contributed by atoms with Crippen molar-refractivity contribution in [1.82, 2.24) is 15.5 Å². The van der Waals surface area contributed by atoms with Crippen LogP contribution in [0.1, 0.15) is 25.3 Å². The summed E-state index contributed by atoms with van der Waals surface area (Å²) in [5.74, 6) is 0.560. The fraction of sp³-hybridized carbons (Fsp3) is 0.700. The minimum atomic E-state index is 0.0717. The molecule has 0 saturated carbocycles. The van der Waals surface area contributed by atoms with Crippen LogP contribution < -0.4 is 10.6 Å². The molecule has 0 aliphatic carbocycles. The normalized spacial score (nSPS) is 10.5. The van der Waals surface area contributed by atoms with Crippen LogP contribution in [0, 0.1) is 12.8 Å². The zero-order valence-electron chi connectivity index (χ0n) is 9.91. The van der Waals surface area contributed by atoms with E-state index in [4.69, 9.17) is 0 Å². The molecular weight excluding hydrogens is 224 g/mol. The first kappa shape index (κ1) is 12.9. The minimum Gasteiger partial charge on any atom is -0.360 e. The quantitative estimate of drug-likeness (QED) is 0.791. The summed E-state index contributed by atoms with van der Waals surface area (Å²) in [6.07, 6.45) is 0.464. The highest BCUT2D eigenvalue weighted by molar-refractivity contribution is 7.15. The highest BCUT2D eigenvalue weighted by atomic mass is 32.1. The maximum absolute atomic E-state index is 11.4. The highest BCUT2D eigenvalue weighted by Gasteiger charge is 2.03. The van der Waals surface area contributed by atoms with Gasteiger partial charge in [0.2, 0.25) is 11.0 Å². The maximum atomic E-state index is 11.4. The Labute approximate surface area is 99.7 Å². The van der Waals surface area contributed by atoms with Gasteiger partial charge in [-0.25, -0.2) is 0 Å². The lowest BCUT2D eigenvalue weighted by Crippen LogP contribution is -2.28. The molecule has 0 atom stereocenters. The molecule has 1 heterocycles. The Bertz CT molecular complexity index is 337. The van der Waals surface area contributed by atoms with Gasteiger partial charge in [0, 0.05) is 19.5 Å². The minimum absolute atomic E-state index is 0.0717. The van der Waals surface area contributed by atoms with E-state index in [1.165, 1.54) is 11.3 Å². The predicted octanol–water partition coefficient (Wildman–Crippen LogP) is 1.42. The van der Waals surface area contributed by atoms with Crippen LogP contribution in [0.2, 0.25) is 0 Å². The lowest BCUT2D eigenvalue weighted by molar-refractivity contribution is -0.120. The molecule has 0 saturated heterocycles. The molecular formula is C10H18N4OS. The second-order valence-corrected chi connectivity index (χ2v) is 5.18. The summed E-state index contributed by atoms with van der Waals surface area (Å²) >= 11 is 1.49. The molecule has 16 heavy (non-hydrogen) atoms. The number of hydrogen-bond acceptors (Lipinski definition) is 5. The topological polar surface area (TPSA) is 66.9 Å². The van der Waals surface area contributed by atoms with E-state index < -0.39 is 0 Å². The van der Waals surface area contributed by atoms with Crippen LogP contribution in [0.15, 0.2) is 0 Å². The van der Waals surface area contributed by atoms with Crippen LogP contribution >= 0.6 is 11.3 Å². The summed E-state index contributed by atoms with van der Waals surface area (Å²) in [5, 5.41) is 15.4. The molecule has 1 aromatic heterocycles. The van der Waals surface area contributed by atoms with Crippen LogP contribution in [-0.2, 0) is 4.79 Å². The SMILES string of the molecule is Cc1nnc(NCCC(=O)NCC(C)C)s1. The van der Waals surface area contributed by atoms with E-state index in [1.54, 1.807) is 0 Å². The van der Waals surface area contributed by atoms with Crippen molar-refractivity contribution >= 4 is 22.4 Å². The molecule has 6 heteroatoms. The number of anilines is 1. The Balaban J connectivity index is 2.13. The first-order chi connectivity index (χ1) is 7.58. The van der Waals surface area contributed by atoms with Gasteiger partial charge in [0.25, 0.3) is 0 Å². The van der Waals surface area contributed by atoms with Gasteiger partial charge in [-0.2, -0.15) is 0 Å². The predicted molar refractivity (Wildman–Crippen MR) is 65.6 cm³/mol. The molecule has 0 spiro atoms. The smallest absolute Gasteiger partial charge is 0.221 e. The van der Waals surface area contributed by atoms with Crippen molar-refractivity contribution in [2.45, 2.75) is 27.2 Å². The van der Waals surface area contributed by atoms with Crippen molar-refractivity contribution < 1.29 is 4.79 Å². The number of hydrogen-bond donors (Lipinski definition) is 2. The Morgan fingerprint density at radius 2 is 2.19 bits per heavy atom. The number of nitrogens with one attached hydrogen (secondary N) is 2. The second-order valence-electron chi connectivity index (χ2n) is 4.00. The van der Waals surface area contributed by atoms with Gasteiger partial charge < -0.3 is 10.6 Å². The third-order valence-electron chi connectivity index (χ3n) is 1.86. The van der Waals surface area contributed by atoms with Gasteiger partial charge in [0.1, 0.15) is 5.01 Å². The Morgan fingerprint density at radius 3 is 2.75 bits per heavy atom. The van der Waals surface area contributed by atoms with Crippen molar-refractivity contribution in [1.29, 1.82) is 0 Å². The highest BCUT2D eigenvalue weighted by Crippen LogP contribution is 2.12. The third kappa shape index (κ3) is 5.06. The maximum Gasteiger partial charge on any atom is 0.221 e. The fourth-order valence-corrected chi connectivity index (χ4v) is 1.67. The van der Waals surface area contributed by atoms with Crippen molar-refractivity contribution in [3.05, 3.63) is 5.01 Å². The number of amides is 1. The molecule has 0 aromatic carbocycles. The molecule has 1 aromatic rings. The van der Waals surface area contributed by atoms with E-state index in [0.29, 0.717) is 18.9 Å². The van der Waals surface area contributed by atoms with Gasteiger partial charge in [0.15, 0.2) is 0 Å². The van der Waals surface area contributed by atoms with Gasteiger partial charge in [-0.1, -0.05) is 25.2 Å². The van der Waals surface area contributed by atoms with Gasteiger partial charge >= 0.3 is 0 Å². The first-order valence-electron chi connectivity index (χ1n) is 5.38. The molecule has 1 rings (SSSR count). The van der Waals surface area contributed by atoms with Gasteiger partial charge in [0.05, 0.1) is 0 Å². The van der Waals surface area contributed by atoms with E-state index in [9.17, 15) is 4.79 Å². The number of rotatable bonds is 6. The van der Waals surface area contributed by atoms with Crippen molar-refractivity contribution in [2.24, 2.45) is 5.92 Å². The Hall–Kier alpha value is -1.17. The zero-order valence-corrected chi connectivity index (χ0v) is 10.7. The lowest BCUT2D eigenvalue weighted by Gasteiger charge is -2.07. The molecule has 2 N–H and O–H groups in total.